The molecule has 32 heavy (non-hydrogen) atoms. The van der Waals surface area contributed by atoms with E-state index < -0.39 is 0 Å². The molecule has 0 amide bonds. The van der Waals surface area contributed by atoms with E-state index in [0.717, 1.165) is 29.9 Å². The van der Waals surface area contributed by atoms with Crippen molar-refractivity contribution in [2.45, 2.75) is 84.0 Å². The van der Waals surface area contributed by atoms with Crippen LogP contribution < -0.4 is 0 Å². The molecule has 2 heteroatoms. The molecule has 1 aliphatic carbocycles. The topological polar surface area (TPSA) is 9.23 Å². The number of rotatable bonds is 8. The summed E-state index contributed by atoms with van der Waals surface area (Å²) in [4.78, 5) is 0. The third-order valence-electron chi connectivity index (χ3n) is 7.70. The highest BCUT2D eigenvalue weighted by molar-refractivity contribution is 5.69. The van der Waals surface area contributed by atoms with Crippen molar-refractivity contribution < 1.29 is 9.13 Å². The van der Waals surface area contributed by atoms with Crippen molar-refractivity contribution in [2.24, 2.45) is 11.8 Å². The number of hydrogen-bond acceptors (Lipinski definition) is 1. The van der Waals surface area contributed by atoms with Crippen LogP contribution in [0.4, 0.5) is 4.39 Å². The van der Waals surface area contributed by atoms with Gasteiger partial charge in [-0.15, -0.1) is 0 Å². The van der Waals surface area contributed by atoms with Gasteiger partial charge in [0, 0.05) is 0 Å². The molecule has 0 spiro atoms. The maximum Gasteiger partial charge on any atom is 0.134 e. The lowest BCUT2D eigenvalue weighted by molar-refractivity contribution is 0.196. The average Bonchev–Trinajstić information content (AvgIpc) is 2.85. The molecule has 1 nitrogen and oxygen atoms in total. The Morgan fingerprint density at radius 1 is 0.875 bits per heavy atom. The van der Waals surface area contributed by atoms with Crippen molar-refractivity contribution in [3.8, 4) is 11.1 Å². The molecule has 0 bridgehead atoms. The van der Waals surface area contributed by atoms with Crippen molar-refractivity contribution in [1.82, 2.24) is 0 Å². The summed E-state index contributed by atoms with van der Waals surface area (Å²) >= 11 is 0. The quantitative estimate of drug-likeness (QED) is 0.376. The molecule has 1 aliphatic heterocycles. The third-order valence-corrected chi connectivity index (χ3v) is 7.70. The minimum Gasteiger partial charge on any atom is -0.493 e. The van der Waals surface area contributed by atoms with E-state index in [1.807, 2.05) is 18.2 Å². The number of ether oxygens (including phenoxy) is 1. The molecule has 1 saturated carbocycles. The van der Waals surface area contributed by atoms with Crippen molar-refractivity contribution in [3.05, 3.63) is 65.5 Å². The Hall–Kier alpha value is -2.09. The Labute approximate surface area is 194 Å². The van der Waals surface area contributed by atoms with Crippen LogP contribution in [0.3, 0.4) is 0 Å². The zero-order valence-corrected chi connectivity index (χ0v) is 19.9. The van der Waals surface area contributed by atoms with Crippen LogP contribution in [0.1, 0.15) is 95.1 Å². The Bertz CT molecular complexity index is 890. The molecule has 0 N–H and O–H groups in total. The van der Waals surface area contributed by atoms with E-state index in [2.05, 4.69) is 38.1 Å². The number of benzene rings is 2. The fraction of sp³-hybridized carbons (Fsp3) is 0.533. The molecule has 2 aromatic carbocycles. The van der Waals surface area contributed by atoms with Crippen LogP contribution in [0.5, 0.6) is 0 Å². The summed E-state index contributed by atoms with van der Waals surface area (Å²) in [5.74, 6) is 2.67. The summed E-state index contributed by atoms with van der Waals surface area (Å²) < 4.78 is 20.7. The van der Waals surface area contributed by atoms with Crippen molar-refractivity contribution in [1.29, 1.82) is 0 Å². The first kappa shape index (κ1) is 23.1. The SMILES string of the molecule is CCCCCC1CCC(c2ccc(-c3ccc(C4=CCC(CC)CO4)c(F)c3)cc2)CC1. The van der Waals surface area contributed by atoms with Crippen molar-refractivity contribution in [2.75, 3.05) is 6.61 Å². The first-order valence-corrected chi connectivity index (χ1v) is 12.9. The third kappa shape index (κ3) is 5.63. The van der Waals surface area contributed by atoms with Crippen LogP contribution in [0, 0.1) is 17.7 Å². The van der Waals surface area contributed by atoms with Gasteiger partial charge in [0.2, 0.25) is 0 Å². The number of allylic oxidation sites excluding steroid dienone is 1. The fourth-order valence-electron chi connectivity index (χ4n) is 5.39. The van der Waals surface area contributed by atoms with Gasteiger partial charge in [-0.3, -0.25) is 0 Å². The largest absolute Gasteiger partial charge is 0.493 e. The van der Waals surface area contributed by atoms with Gasteiger partial charge in [0.1, 0.15) is 11.6 Å². The summed E-state index contributed by atoms with van der Waals surface area (Å²) in [6.45, 7) is 5.15. The van der Waals surface area contributed by atoms with Gasteiger partial charge in [-0.25, -0.2) is 4.39 Å². The fourth-order valence-corrected chi connectivity index (χ4v) is 5.39. The highest BCUT2D eigenvalue weighted by Crippen LogP contribution is 2.38. The Balaban J connectivity index is 1.37. The average molecular weight is 435 g/mol. The van der Waals surface area contributed by atoms with Gasteiger partial charge in [0.25, 0.3) is 0 Å². The monoisotopic (exact) mass is 434 g/mol. The van der Waals surface area contributed by atoms with Gasteiger partial charge in [-0.2, -0.15) is 0 Å². The van der Waals surface area contributed by atoms with Gasteiger partial charge in [0.15, 0.2) is 0 Å². The Kier molecular flexibility index (Phi) is 8.05. The summed E-state index contributed by atoms with van der Waals surface area (Å²) in [6, 6.07) is 14.4. The highest BCUT2D eigenvalue weighted by atomic mass is 19.1. The smallest absolute Gasteiger partial charge is 0.134 e. The molecule has 0 aromatic heterocycles. The summed E-state index contributed by atoms with van der Waals surface area (Å²) in [5, 5.41) is 0. The lowest BCUT2D eigenvalue weighted by Crippen LogP contribution is -2.13. The molecule has 0 radical (unpaired) electrons. The van der Waals surface area contributed by atoms with Crippen molar-refractivity contribution >= 4 is 5.76 Å². The minimum atomic E-state index is -0.200. The van der Waals surface area contributed by atoms with Crippen LogP contribution in [-0.4, -0.2) is 6.61 Å². The summed E-state index contributed by atoms with van der Waals surface area (Å²) in [6.07, 6.45) is 15.0. The molecule has 0 saturated heterocycles. The summed E-state index contributed by atoms with van der Waals surface area (Å²) in [7, 11) is 0. The lowest BCUT2D eigenvalue weighted by Gasteiger charge is -2.29. The van der Waals surface area contributed by atoms with Crippen LogP contribution in [0.2, 0.25) is 0 Å². The predicted molar refractivity (Wildman–Crippen MR) is 133 cm³/mol. The van der Waals surface area contributed by atoms with Crippen LogP contribution in [0.25, 0.3) is 16.9 Å². The number of halogens is 1. The van der Waals surface area contributed by atoms with Gasteiger partial charge >= 0.3 is 0 Å². The number of hydrogen-bond donors (Lipinski definition) is 0. The second-order valence-corrected chi connectivity index (χ2v) is 9.92. The lowest BCUT2D eigenvalue weighted by atomic mass is 9.77. The molecule has 1 heterocycles. The predicted octanol–water partition coefficient (Wildman–Crippen LogP) is 9.13. The Morgan fingerprint density at radius 3 is 2.25 bits per heavy atom. The normalized spacial score (nSPS) is 23.5. The maximum atomic E-state index is 14.9. The van der Waals surface area contributed by atoms with Gasteiger partial charge in [-0.05, 0) is 91.2 Å². The highest BCUT2D eigenvalue weighted by Gasteiger charge is 2.22. The van der Waals surface area contributed by atoms with Gasteiger partial charge in [0.05, 0.1) is 12.2 Å². The molecule has 2 aromatic rings. The first-order valence-electron chi connectivity index (χ1n) is 12.9. The first-order chi connectivity index (χ1) is 15.7. The standard InChI is InChI=1S/C30H39FO/c1-3-5-6-7-23-8-11-24(12-9-23)25-13-15-26(16-14-25)27-17-18-28(29(31)20-27)30-19-10-22(4-2)21-32-30/h13-20,22-24H,3-12,21H2,1-2H3. The van der Waals surface area contributed by atoms with E-state index in [1.165, 1.54) is 56.9 Å². The van der Waals surface area contributed by atoms with Crippen LogP contribution in [0.15, 0.2) is 48.5 Å². The van der Waals surface area contributed by atoms with E-state index in [0.29, 0.717) is 29.8 Å². The van der Waals surface area contributed by atoms with Gasteiger partial charge in [-0.1, -0.05) is 69.9 Å². The molecule has 1 unspecified atom stereocenters. The molecule has 172 valence electrons. The van der Waals surface area contributed by atoms with E-state index in [9.17, 15) is 4.39 Å². The van der Waals surface area contributed by atoms with E-state index >= 15 is 0 Å². The van der Waals surface area contributed by atoms with Gasteiger partial charge < -0.3 is 4.74 Å². The summed E-state index contributed by atoms with van der Waals surface area (Å²) in [5.41, 5.74) is 4.04. The Morgan fingerprint density at radius 2 is 1.62 bits per heavy atom. The molecule has 1 fully saturated rings. The zero-order valence-electron chi connectivity index (χ0n) is 19.9. The minimum absolute atomic E-state index is 0.200. The van der Waals surface area contributed by atoms with Crippen molar-refractivity contribution in [3.63, 3.8) is 0 Å². The molecular formula is C30H39FO. The molecule has 1 atom stereocenters. The van der Waals surface area contributed by atoms with Crippen LogP contribution in [-0.2, 0) is 4.74 Å². The maximum absolute atomic E-state index is 14.9. The van der Waals surface area contributed by atoms with E-state index in [-0.39, 0.29) is 5.82 Å². The van der Waals surface area contributed by atoms with Crippen LogP contribution >= 0.6 is 0 Å². The molecule has 4 rings (SSSR count). The number of unbranched alkanes of at least 4 members (excludes halogenated alkanes) is 2. The van der Waals surface area contributed by atoms with E-state index in [1.54, 1.807) is 6.07 Å². The molecular weight excluding hydrogens is 395 g/mol. The second-order valence-electron chi connectivity index (χ2n) is 9.92. The molecule has 2 aliphatic rings. The second kappa shape index (κ2) is 11.2. The van der Waals surface area contributed by atoms with E-state index in [4.69, 9.17) is 4.74 Å². The zero-order chi connectivity index (χ0) is 22.3.